The van der Waals surface area contributed by atoms with Crippen molar-refractivity contribution in [3.63, 3.8) is 0 Å². The van der Waals surface area contributed by atoms with Crippen molar-refractivity contribution in [2.75, 3.05) is 17.2 Å². The van der Waals surface area contributed by atoms with Crippen molar-refractivity contribution in [1.82, 2.24) is 30.3 Å². The fourth-order valence-electron chi connectivity index (χ4n) is 4.77. The van der Waals surface area contributed by atoms with Crippen molar-refractivity contribution in [3.05, 3.63) is 42.6 Å². The summed E-state index contributed by atoms with van der Waals surface area (Å²) in [4.78, 5) is 8.27. The topological polar surface area (TPSA) is 111 Å². The zero-order chi connectivity index (χ0) is 26.6. The minimum atomic E-state index is -3.05. The highest BCUT2D eigenvalue weighted by Crippen LogP contribution is 2.34. The van der Waals surface area contributed by atoms with E-state index in [1.54, 1.807) is 16.9 Å². The van der Waals surface area contributed by atoms with E-state index in [-0.39, 0.29) is 47.0 Å². The summed E-state index contributed by atoms with van der Waals surface area (Å²) in [5.74, 6) is -0.465. The third-order valence-corrected chi connectivity index (χ3v) is 5.74. The molecule has 0 saturated carbocycles. The lowest BCUT2D eigenvalue weighted by atomic mass is 9.79. The largest absolute Gasteiger partial charge is 0.488 e. The molecule has 13 heteroatoms. The minimum absolute atomic E-state index is 0.0106. The lowest BCUT2D eigenvalue weighted by molar-refractivity contribution is -0.0514. The number of alkyl halides is 2. The van der Waals surface area contributed by atoms with Crippen molar-refractivity contribution in [3.8, 4) is 11.5 Å². The highest BCUT2D eigenvalue weighted by atomic mass is 19.3. The molecule has 2 aromatic heterocycles. The zero-order valence-electron chi connectivity index (χ0n) is 21.1. The molecule has 3 N–H and O–H groups in total. The van der Waals surface area contributed by atoms with Crippen LogP contribution in [0.4, 0.5) is 30.6 Å². The highest BCUT2D eigenvalue weighted by Gasteiger charge is 2.38. The van der Waals surface area contributed by atoms with E-state index < -0.39 is 12.4 Å². The summed E-state index contributed by atoms with van der Waals surface area (Å²) in [5.41, 5.74) is 0.0926. The molecule has 10 nitrogen and oxygen atoms in total. The molecule has 0 radical (unpaired) electrons. The highest BCUT2D eigenvalue weighted by molar-refractivity contribution is 5.60. The molecule has 1 fully saturated rings. The van der Waals surface area contributed by atoms with Crippen LogP contribution in [0, 0.1) is 5.82 Å². The fourth-order valence-corrected chi connectivity index (χ4v) is 4.77. The number of hydrogen-bond donors (Lipinski definition) is 3. The Morgan fingerprint density at radius 1 is 1.16 bits per heavy atom. The smallest absolute Gasteiger partial charge is 0.387 e. The molecule has 1 aliphatic heterocycles. The summed E-state index contributed by atoms with van der Waals surface area (Å²) in [6.45, 7) is 5.90. The molecule has 1 aromatic carbocycles. The van der Waals surface area contributed by atoms with Crippen molar-refractivity contribution < 1.29 is 22.6 Å². The SMILES string of the molecule is CC1(C)CC(Nc2nc(Nc3ccc(OCCn4ccnn4)c(OC(F)F)c3)ncc2F)CC(C)(C)N1. The van der Waals surface area contributed by atoms with Gasteiger partial charge in [-0.3, -0.25) is 0 Å². The van der Waals surface area contributed by atoms with Crippen LogP contribution in [0.3, 0.4) is 0 Å². The standard InChI is InChI=1S/C24H31F3N8O2/c1-23(2)12-16(13-24(3,4)33-23)30-20-17(25)14-28-22(32-20)31-15-5-6-18(19(11-15)37-21(26)27)36-10-9-35-8-7-29-34-35/h5-8,11,14,16,21,33H,9-10,12-13H2,1-4H3,(H2,28,30,31,32). The Hall–Kier alpha value is -3.61. The first kappa shape index (κ1) is 26.5. The van der Waals surface area contributed by atoms with Gasteiger partial charge in [0.15, 0.2) is 23.1 Å². The van der Waals surface area contributed by atoms with E-state index in [4.69, 9.17) is 4.74 Å². The molecular weight excluding hydrogens is 489 g/mol. The Morgan fingerprint density at radius 2 is 1.92 bits per heavy atom. The Kier molecular flexibility index (Phi) is 7.71. The number of nitrogens with zero attached hydrogens (tertiary/aromatic N) is 5. The molecule has 3 heterocycles. The van der Waals surface area contributed by atoms with Crippen molar-refractivity contribution in [2.24, 2.45) is 0 Å². The summed E-state index contributed by atoms with van der Waals surface area (Å²) < 4.78 is 52.4. The second-order valence-electron chi connectivity index (χ2n) is 10.2. The Bertz CT molecular complexity index is 1170. The number of rotatable bonds is 10. The number of ether oxygens (including phenoxy) is 2. The van der Waals surface area contributed by atoms with Crippen LogP contribution in [0.1, 0.15) is 40.5 Å². The first-order chi connectivity index (χ1) is 17.5. The third kappa shape index (κ3) is 7.44. The molecule has 0 bridgehead atoms. The molecule has 1 saturated heterocycles. The van der Waals surface area contributed by atoms with Gasteiger partial charge in [-0.25, -0.2) is 14.1 Å². The molecule has 0 aliphatic carbocycles. The van der Waals surface area contributed by atoms with E-state index in [2.05, 4.69) is 68.7 Å². The van der Waals surface area contributed by atoms with Crippen molar-refractivity contribution in [1.29, 1.82) is 0 Å². The Balaban J connectivity index is 1.46. The average Bonchev–Trinajstić information content (AvgIpc) is 3.28. The molecule has 200 valence electrons. The van der Waals surface area contributed by atoms with Gasteiger partial charge in [-0.05, 0) is 52.7 Å². The fraction of sp³-hybridized carbons (Fsp3) is 0.500. The molecule has 1 aliphatic rings. The molecule has 3 aromatic rings. The lowest BCUT2D eigenvalue weighted by Crippen LogP contribution is -2.60. The average molecular weight is 521 g/mol. The van der Waals surface area contributed by atoms with Crippen molar-refractivity contribution in [2.45, 2.75) is 70.8 Å². The van der Waals surface area contributed by atoms with Gasteiger partial charge in [-0.2, -0.15) is 13.8 Å². The Labute approximate surface area is 213 Å². The quantitative estimate of drug-likeness (QED) is 0.359. The normalized spacial score (nSPS) is 17.0. The molecule has 0 amide bonds. The first-order valence-corrected chi connectivity index (χ1v) is 11.9. The van der Waals surface area contributed by atoms with Crippen molar-refractivity contribution >= 4 is 17.5 Å². The maximum absolute atomic E-state index is 14.6. The Morgan fingerprint density at radius 3 is 2.59 bits per heavy atom. The van der Waals surface area contributed by atoms with Crippen LogP contribution in [-0.4, -0.2) is 55.3 Å². The van der Waals surface area contributed by atoms with Gasteiger partial charge >= 0.3 is 6.61 Å². The van der Waals surface area contributed by atoms with E-state index in [1.807, 2.05) is 0 Å². The predicted molar refractivity (Wildman–Crippen MR) is 132 cm³/mol. The van der Waals surface area contributed by atoms with Crippen LogP contribution in [0.25, 0.3) is 0 Å². The predicted octanol–water partition coefficient (Wildman–Crippen LogP) is 4.35. The van der Waals surface area contributed by atoms with E-state index in [0.717, 1.165) is 19.0 Å². The monoisotopic (exact) mass is 520 g/mol. The maximum Gasteiger partial charge on any atom is 0.387 e. The number of aromatic nitrogens is 5. The number of halogens is 3. The summed E-state index contributed by atoms with van der Waals surface area (Å²) >= 11 is 0. The van der Waals surface area contributed by atoms with Gasteiger partial charge in [-0.1, -0.05) is 5.21 Å². The van der Waals surface area contributed by atoms with Gasteiger partial charge in [0.1, 0.15) is 6.61 Å². The summed E-state index contributed by atoms with van der Waals surface area (Å²) in [6.07, 6.45) is 5.79. The van der Waals surface area contributed by atoms with E-state index in [0.29, 0.717) is 12.2 Å². The van der Waals surface area contributed by atoms with Crippen LogP contribution in [0.2, 0.25) is 0 Å². The zero-order valence-corrected chi connectivity index (χ0v) is 21.1. The molecule has 4 rings (SSSR count). The van der Waals surface area contributed by atoms with Crippen LogP contribution < -0.4 is 25.4 Å². The van der Waals surface area contributed by atoms with Gasteiger partial charge in [0.25, 0.3) is 0 Å². The third-order valence-electron chi connectivity index (χ3n) is 5.74. The number of piperidine rings is 1. The minimum Gasteiger partial charge on any atom is -0.488 e. The van der Waals surface area contributed by atoms with Gasteiger partial charge in [-0.15, -0.1) is 5.10 Å². The van der Waals surface area contributed by atoms with E-state index in [1.165, 1.54) is 18.3 Å². The molecule has 0 atom stereocenters. The number of hydrogen-bond acceptors (Lipinski definition) is 9. The van der Waals surface area contributed by atoms with Crippen LogP contribution in [0.5, 0.6) is 11.5 Å². The van der Waals surface area contributed by atoms with Gasteiger partial charge in [0.05, 0.1) is 18.9 Å². The van der Waals surface area contributed by atoms with Crippen LogP contribution in [0.15, 0.2) is 36.8 Å². The van der Waals surface area contributed by atoms with Crippen LogP contribution >= 0.6 is 0 Å². The lowest BCUT2D eigenvalue weighted by Gasteiger charge is -2.46. The van der Waals surface area contributed by atoms with Crippen LogP contribution in [-0.2, 0) is 6.54 Å². The second-order valence-corrected chi connectivity index (χ2v) is 10.2. The maximum atomic E-state index is 14.6. The number of anilines is 3. The van der Waals surface area contributed by atoms with E-state index in [9.17, 15) is 13.2 Å². The van der Waals surface area contributed by atoms with Gasteiger partial charge in [0, 0.05) is 35.1 Å². The molecule has 0 spiro atoms. The molecule has 0 unspecified atom stereocenters. The van der Waals surface area contributed by atoms with Gasteiger partial charge in [0.2, 0.25) is 5.95 Å². The first-order valence-electron chi connectivity index (χ1n) is 11.9. The summed E-state index contributed by atoms with van der Waals surface area (Å²) in [6, 6.07) is 4.42. The summed E-state index contributed by atoms with van der Waals surface area (Å²) in [7, 11) is 0. The van der Waals surface area contributed by atoms with E-state index >= 15 is 0 Å². The molecule has 37 heavy (non-hydrogen) atoms. The number of nitrogens with one attached hydrogen (secondary N) is 3. The summed E-state index contributed by atoms with van der Waals surface area (Å²) in [5, 5.41) is 17.2. The number of benzene rings is 1. The second kappa shape index (κ2) is 10.8. The molecular formula is C24H31F3N8O2. The van der Waals surface area contributed by atoms with Gasteiger partial charge < -0.3 is 25.4 Å².